The van der Waals surface area contributed by atoms with E-state index in [1.165, 1.54) is 0 Å². The van der Waals surface area contributed by atoms with E-state index in [2.05, 4.69) is 0 Å². The summed E-state index contributed by atoms with van der Waals surface area (Å²) in [6.07, 6.45) is 0.600. The molecule has 0 spiro atoms. The van der Waals surface area contributed by atoms with Gasteiger partial charge in [0.25, 0.3) is 0 Å². The topological polar surface area (TPSA) is 75.8 Å². The SMILES string of the molecule is CCOc1cccc(N2CCC(C)(O)C2)c1[N+](=O)[O-]. The molecule has 0 saturated carbocycles. The number of ether oxygens (including phenoxy) is 1. The first-order valence-electron chi connectivity index (χ1n) is 6.32. The summed E-state index contributed by atoms with van der Waals surface area (Å²) in [5, 5.41) is 21.3. The Balaban J connectivity index is 2.40. The van der Waals surface area contributed by atoms with E-state index >= 15 is 0 Å². The van der Waals surface area contributed by atoms with Crippen LogP contribution in [0.4, 0.5) is 11.4 Å². The molecule has 1 heterocycles. The van der Waals surface area contributed by atoms with Crippen LogP contribution < -0.4 is 9.64 Å². The zero-order valence-corrected chi connectivity index (χ0v) is 11.1. The second-order valence-electron chi connectivity index (χ2n) is 4.98. The van der Waals surface area contributed by atoms with Crippen molar-refractivity contribution < 1.29 is 14.8 Å². The molecule has 0 radical (unpaired) electrons. The summed E-state index contributed by atoms with van der Waals surface area (Å²) in [5.74, 6) is 0.275. The fraction of sp³-hybridized carbons (Fsp3) is 0.538. The van der Waals surface area contributed by atoms with Gasteiger partial charge in [-0.05, 0) is 32.4 Å². The molecule has 1 aliphatic heterocycles. The van der Waals surface area contributed by atoms with Crippen LogP contribution in [-0.4, -0.2) is 35.3 Å². The quantitative estimate of drug-likeness (QED) is 0.666. The monoisotopic (exact) mass is 266 g/mol. The summed E-state index contributed by atoms with van der Waals surface area (Å²) in [6, 6.07) is 5.03. The number of rotatable bonds is 4. The maximum Gasteiger partial charge on any atom is 0.333 e. The number of hydrogen-bond donors (Lipinski definition) is 1. The molecule has 1 N–H and O–H groups in total. The molecular weight excluding hydrogens is 248 g/mol. The Morgan fingerprint density at radius 2 is 2.32 bits per heavy atom. The minimum absolute atomic E-state index is 0.0259. The van der Waals surface area contributed by atoms with E-state index < -0.39 is 10.5 Å². The van der Waals surface area contributed by atoms with Gasteiger partial charge in [0, 0.05) is 13.1 Å². The van der Waals surface area contributed by atoms with Gasteiger partial charge in [0.15, 0.2) is 5.75 Å². The van der Waals surface area contributed by atoms with Crippen molar-refractivity contribution >= 4 is 11.4 Å². The smallest absolute Gasteiger partial charge is 0.333 e. The highest BCUT2D eigenvalue weighted by molar-refractivity contribution is 5.70. The first-order chi connectivity index (χ1) is 8.94. The zero-order chi connectivity index (χ0) is 14.0. The van der Waals surface area contributed by atoms with E-state index in [0.717, 1.165) is 0 Å². The summed E-state index contributed by atoms with van der Waals surface area (Å²) >= 11 is 0. The first kappa shape index (κ1) is 13.6. The molecule has 1 unspecified atom stereocenters. The fourth-order valence-corrected chi connectivity index (χ4v) is 2.37. The predicted octanol–water partition coefficient (Wildman–Crippen LogP) is 1.95. The van der Waals surface area contributed by atoms with E-state index in [4.69, 9.17) is 4.74 Å². The van der Waals surface area contributed by atoms with Crippen LogP contribution in [0.2, 0.25) is 0 Å². The summed E-state index contributed by atoms with van der Waals surface area (Å²) < 4.78 is 5.32. The molecule has 6 nitrogen and oxygen atoms in total. The molecule has 104 valence electrons. The van der Waals surface area contributed by atoms with Gasteiger partial charge in [0.2, 0.25) is 0 Å². The van der Waals surface area contributed by atoms with Crippen LogP contribution in [0.1, 0.15) is 20.3 Å². The van der Waals surface area contributed by atoms with Crippen LogP contribution in [0, 0.1) is 10.1 Å². The van der Waals surface area contributed by atoms with E-state index in [1.54, 1.807) is 32.0 Å². The lowest BCUT2D eigenvalue weighted by Crippen LogP contribution is -2.29. The average Bonchev–Trinajstić information content (AvgIpc) is 2.69. The number of β-amino-alcohol motifs (C(OH)–C–C–N with tert-alkyl or cyclic N) is 1. The van der Waals surface area contributed by atoms with Gasteiger partial charge < -0.3 is 14.7 Å². The van der Waals surface area contributed by atoms with Crippen molar-refractivity contribution in [3.05, 3.63) is 28.3 Å². The third kappa shape index (κ3) is 2.78. The van der Waals surface area contributed by atoms with Crippen molar-refractivity contribution in [3.8, 4) is 5.75 Å². The van der Waals surface area contributed by atoms with Gasteiger partial charge in [-0.25, -0.2) is 0 Å². The number of hydrogen-bond acceptors (Lipinski definition) is 5. The Morgan fingerprint density at radius 1 is 1.58 bits per heavy atom. The predicted molar refractivity (Wildman–Crippen MR) is 71.7 cm³/mol. The fourth-order valence-electron chi connectivity index (χ4n) is 2.37. The van der Waals surface area contributed by atoms with E-state index in [1.807, 2.05) is 4.90 Å². The average molecular weight is 266 g/mol. The minimum atomic E-state index is -0.796. The van der Waals surface area contributed by atoms with Crippen LogP contribution in [0.25, 0.3) is 0 Å². The molecule has 19 heavy (non-hydrogen) atoms. The molecule has 2 rings (SSSR count). The number of aliphatic hydroxyl groups is 1. The van der Waals surface area contributed by atoms with Crippen molar-refractivity contribution in [2.45, 2.75) is 25.9 Å². The molecule has 1 fully saturated rings. The summed E-state index contributed by atoms with van der Waals surface area (Å²) in [4.78, 5) is 12.7. The van der Waals surface area contributed by atoms with E-state index in [9.17, 15) is 15.2 Å². The Bertz CT molecular complexity index is 488. The number of anilines is 1. The molecule has 0 aliphatic carbocycles. The zero-order valence-electron chi connectivity index (χ0n) is 11.1. The summed E-state index contributed by atoms with van der Waals surface area (Å²) in [5.41, 5.74) is -0.314. The maximum atomic E-state index is 11.3. The van der Waals surface area contributed by atoms with Crippen LogP contribution in [-0.2, 0) is 0 Å². The standard InChI is InChI=1S/C13H18N2O4/c1-3-19-11-6-4-5-10(12(11)15(17)18)14-8-7-13(2,16)9-14/h4-6,16H,3,7-9H2,1-2H3. The van der Waals surface area contributed by atoms with Gasteiger partial charge >= 0.3 is 5.69 Å². The van der Waals surface area contributed by atoms with Crippen LogP contribution in [0.3, 0.4) is 0 Å². The van der Waals surface area contributed by atoms with Gasteiger partial charge in [-0.1, -0.05) is 6.07 Å². The van der Waals surface area contributed by atoms with Gasteiger partial charge in [-0.3, -0.25) is 10.1 Å². The maximum absolute atomic E-state index is 11.3. The van der Waals surface area contributed by atoms with Crippen molar-refractivity contribution in [2.24, 2.45) is 0 Å². The Labute approximate surface area is 111 Å². The van der Waals surface area contributed by atoms with Crippen LogP contribution in [0.5, 0.6) is 5.75 Å². The van der Waals surface area contributed by atoms with Gasteiger partial charge in [-0.2, -0.15) is 0 Å². The largest absolute Gasteiger partial charge is 0.487 e. The van der Waals surface area contributed by atoms with Crippen molar-refractivity contribution in [3.63, 3.8) is 0 Å². The molecule has 6 heteroatoms. The van der Waals surface area contributed by atoms with Crippen LogP contribution >= 0.6 is 0 Å². The Hall–Kier alpha value is -1.82. The molecule has 1 aromatic rings. The lowest BCUT2D eigenvalue weighted by atomic mass is 10.1. The third-order valence-electron chi connectivity index (χ3n) is 3.25. The van der Waals surface area contributed by atoms with E-state index in [0.29, 0.717) is 31.8 Å². The van der Waals surface area contributed by atoms with Gasteiger partial charge in [0.1, 0.15) is 5.69 Å². The minimum Gasteiger partial charge on any atom is -0.487 e. The van der Waals surface area contributed by atoms with Crippen molar-refractivity contribution in [1.29, 1.82) is 0 Å². The van der Waals surface area contributed by atoms with E-state index in [-0.39, 0.29) is 11.4 Å². The highest BCUT2D eigenvalue weighted by atomic mass is 16.6. The highest BCUT2D eigenvalue weighted by Gasteiger charge is 2.35. The lowest BCUT2D eigenvalue weighted by Gasteiger charge is -2.21. The third-order valence-corrected chi connectivity index (χ3v) is 3.25. The number of nitro groups is 1. The lowest BCUT2D eigenvalue weighted by molar-refractivity contribution is -0.385. The normalized spacial score (nSPS) is 22.6. The Morgan fingerprint density at radius 3 is 2.84 bits per heavy atom. The molecular formula is C13H18N2O4. The first-order valence-corrected chi connectivity index (χ1v) is 6.32. The number of para-hydroxylation sites is 1. The van der Waals surface area contributed by atoms with Crippen LogP contribution in [0.15, 0.2) is 18.2 Å². The van der Waals surface area contributed by atoms with Gasteiger partial charge in [-0.15, -0.1) is 0 Å². The number of benzene rings is 1. The molecule has 1 aliphatic rings. The number of nitro benzene ring substituents is 1. The van der Waals surface area contributed by atoms with Gasteiger partial charge in [0.05, 0.1) is 17.1 Å². The summed E-state index contributed by atoms with van der Waals surface area (Å²) in [7, 11) is 0. The van der Waals surface area contributed by atoms with Crippen molar-refractivity contribution in [2.75, 3.05) is 24.6 Å². The van der Waals surface area contributed by atoms with Crippen molar-refractivity contribution in [1.82, 2.24) is 0 Å². The highest BCUT2D eigenvalue weighted by Crippen LogP contribution is 2.39. The second kappa shape index (κ2) is 5.05. The Kier molecular flexibility index (Phi) is 3.61. The molecule has 1 aromatic carbocycles. The summed E-state index contributed by atoms with van der Waals surface area (Å²) in [6.45, 7) is 4.90. The molecule has 0 amide bonds. The molecule has 0 aromatic heterocycles. The number of nitrogens with zero attached hydrogens (tertiary/aromatic N) is 2. The molecule has 1 atom stereocenters. The molecule has 0 bridgehead atoms. The second-order valence-corrected chi connectivity index (χ2v) is 4.98. The molecule has 1 saturated heterocycles.